The van der Waals surface area contributed by atoms with Crippen molar-refractivity contribution in [3.8, 4) is 5.75 Å². The van der Waals surface area contributed by atoms with Crippen LogP contribution in [0.1, 0.15) is 18.2 Å². The van der Waals surface area contributed by atoms with E-state index in [4.69, 9.17) is 22.1 Å². The molecule has 0 bridgehead atoms. The highest BCUT2D eigenvalue weighted by Gasteiger charge is 2.14. The van der Waals surface area contributed by atoms with Crippen LogP contribution in [-0.2, 0) is 6.42 Å². The number of aryl methyl sites for hydroxylation is 1. The Bertz CT molecular complexity index is 501. The predicted molar refractivity (Wildman–Crippen MR) is 82.2 cm³/mol. The second-order valence-electron chi connectivity index (χ2n) is 4.56. The largest absolute Gasteiger partial charge is 0.489 e. The smallest absolute Gasteiger partial charge is 0.121 e. The summed E-state index contributed by atoms with van der Waals surface area (Å²) >= 11 is 7.70. The van der Waals surface area contributed by atoms with Crippen LogP contribution in [0.15, 0.2) is 41.8 Å². The molecule has 2 aromatic rings. The van der Waals surface area contributed by atoms with E-state index >= 15 is 0 Å². The summed E-state index contributed by atoms with van der Waals surface area (Å²) in [5.74, 6) is 0.770. The molecule has 2 atom stereocenters. The average molecular weight is 296 g/mol. The van der Waals surface area contributed by atoms with Gasteiger partial charge in [0.1, 0.15) is 11.9 Å². The average Bonchev–Trinajstić information content (AvgIpc) is 2.89. The van der Waals surface area contributed by atoms with E-state index < -0.39 is 0 Å². The molecular weight excluding hydrogens is 278 g/mol. The topological polar surface area (TPSA) is 35.2 Å². The highest BCUT2D eigenvalue weighted by Crippen LogP contribution is 2.20. The summed E-state index contributed by atoms with van der Waals surface area (Å²) in [6.07, 6.45) is 1.89. The minimum atomic E-state index is -0.0292. The summed E-state index contributed by atoms with van der Waals surface area (Å²) < 4.78 is 5.82. The third-order valence-electron chi connectivity index (χ3n) is 3.03. The first-order valence-corrected chi connectivity index (χ1v) is 7.61. The summed E-state index contributed by atoms with van der Waals surface area (Å²) in [5.41, 5.74) is 6.17. The van der Waals surface area contributed by atoms with Crippen LogP contribution in [0, 0.1) is 0 Å². The Morgan fingerprint density at radius 2 is 2.16 bits per heavy atom. The Kier molecular flexibility index (Phi) is 5.25. The maximum atomic E-state index is 6.17. The molecule has 1 aromatic carbocycles. The van der Waals surface area contributed by atoms with Gasteiger partial charge in [-0.2, -0.15) is 0 Å². The van der Waals surface area contributed by atoms with Crippen molar-refractivity contribution in [2.24, 2.45) is 5.73 Å². The van der Waals surface area contributed by atoms with E-state index in [0.717, 1.165) is 18.6 Å². The SMILES string of the molecule is CC(Oc1cccc(Cl)c1)C(N)CCc1cccs1. The van der Waals surface area contributed by atoms with Crippen molar-refractivity contribution in [1.82, 2.24) is 0 Å². The fraction of sp³-hybridized carbons (Fsp3) is 0.333. The summed E-state index contributed by atoms with van der Waals surface area (Å²) in [5, 5.41) is 2.77. The van der Waals surface area contributed by atoms with E-state index in [9.17, 15) is 0 Å². The molecule has 2 rings (SSSR count). The number of rotatable bonds is 6. The van der Waals surface area contributed by atoms with Crippen LogP contribution in [0.25, 0.3) is 0 Å². The number of hydrogen-bond donors (Lipinski definition) is 1. The minimum Gasteiger partial charge on any atom is -0.489 e. The van der Waals surface area contributed by atoms with E-state index in [-0.39, 0.29) is 12.1 Å². The lowest BCUT2D eigenvalue weighted by molar-refractivity contribution is 0.185. The Morgan fingerprint density at radius 1 is 1.32 bits per heavy atom. The van der Waals surface area contributed by atoms with Gasteiger partial charge in [-0.25, -0.2) is 0 Å². The molecule has 4 heteroatoms. The lowest BCUT2D eigenvalue weighted by atomic mass is 10.1. The van der Waals surface area contributed by atoms with Gasteiger partial charge in [-0.15, -0.1) is 11.3 Å². The fourth-order valence-corrected chi connectivity index (χ4v) is 2.75. The van der Waals surface area contributed by atoms with Crippen molar-refractivity contribution < 1.29 is 4.74 Å². The van der Waals surface area contributed by atoms with Gasteiger partial charge in [0.25, 0.3) is 0 Å². The normalized spacial score (nSPS) is 14.1. The highest BCUT2D eigenvalue weighted by molar-refractivity contribution is 7.09. The first-order valence-electron chi connectivity index (χ1n) is 6.35. The van der Waals surface area contributed by atoms with Crippen LogP contribution >= 0.6 is 22.9 Å². The van der Waals surface area contributed by atoms with Gasteiger partial charge in [0.15, 0.2) is 0 Å². The molecule has 19 heavy (non-hydrogen) atoms. The van der Waals surface area contributed by atoms with Gasteiger partial charge in [-0.3, -0.25) is 0 Å². The summed E-state index contributed by atoms with van der Waals surface area (Å²) in [6, 6.07) is 11.6. The van der Waals surface area contributed by atoms with Gasteiger partial charge in [-0.05, 0) is 49.4 Å². The third kappa shape index (κ3) is 4.53. The number of ether oxygens (including phenoxy) is 1. The Balaban J connectivity index is 1.83. The Hall–Kier alpha value is -1.03. The quantitative estimate of drug-likeness (QED) is 0.870. The number of thiophene rings is 1. The zero-order valence-electron chi connectivity index (χ0n) is 10.9. The summed E-state index contributed by atoms with van der Waals surface area (Å²) in [4.78, 5) is 1.37. The van der Waals surface area contributed by atoms with Crippen molar-refractivity contribution in [2.75, 3.05) is 0 Å². The lowest BCUT2D eigenvalue weighted by Gasteiger charge is -2.21. The highest BCUT2D eigenvalue weighted by atomic mass is 35.5. The van der Waals surface area contributed by atoms with Crippen LogP contribution in [0.5, 0.6) is 5.75 Å². The monoisotopic (exact) mass is 295 g/mol. The van der Waals surface area contributed by atoms with Gasteiger partial charge in [0, 0.05) is 15.9 Å². The van der Waals surface area contributed by atoms with Crippen LogP contribution in [0.3, 0.4) is 0 Å². The van der Waals surface area contributed by atoms with Crippen LogP contribution < -0.4 is 10.5 Å². The number of benzene rings is 1. The van der Waals surface area contributed by atoms with Crippen molar-refractivity contribution in [2.45, 2.75) is 31.9 Å². The van der Waals surface area contributed by atoms with Gasteiger partial charge < -0.3 is 10.5 Å². The molecular formula is C15H18ClNOS. The molecule has 0 aliphatic heterocycles. The van der Waals surface area contributed by atoms with E-state index in [0.29, 0.717) is 5.02 Å². The molecule has 0 amide bonds. The molecule has 2 unspecified atom stereocenters. The number of hydrogen-bond acceptors (Lipinski definition) is 3. The van der Waals surface area contributed by atoms with E-state index in [1.54, 1.807) is 11.3 Å². The molecule has 2 N–H and O–H groups in total. The first-order chi connectivity index (χ1) is 9.15. The lowest BCUT2D eigenvalue weighted by Crippen LogP contribution is -2.37. The van der Waals surface area contributed by atoms with E-state index in [1.807, 2.05) is 31.2 Å². The molecule has 1 aromatic heterocycles. The van der Waals surface area contributed by atoms with Crippen LogP contribution in [0.4, 0.5) is 0 Å². The Labute approximate surface area is 123 Å². The molecule has 0 aliphatic carbocycles. The number of nitrogens with two attached hydrogens (primary N) is 1. The summed E-state index contributed by atoms with van der Waals surface area (Å²) in [7, 11) is 0. The van der Waals surface area contributed by atoms with Gasteiger partial charge in [0.2, 0.25) is 0 Å². The van der Waals surface area contributed by atoms with Crippen molar-refractivity contribution >= 4 is 22.9 Å². The molecule has 0 saturated heterocycles. The molecule has 0 spiro atoms. The van der Waals surface area contributed by atoms with Gasteiger partial charge >= 0.3 is 0 Å². The molecule has 2 nitrogen and oxygen atoms in total. The Morgan fingerprint density at radius 3 is 2.84 bits per heavy atom. The zero-order valence-corrected chi connectivity index (χ0v) is 12.5. The zero-order chi connectivity index (χ0) is 13.7. The van der Waals surface area contributed by atoms with Crippen molar-refractivity contribution in [3.63, 3.8) is 0 Å². The second-order valence-corrected chi connectivity index (χ2v) is 6.03. The van der Waals surface area contributed by atoms with E-state index in [2.05, 4.69) is 17.5 Å². The van der Waals surface area contributed by atoms with Gasteiger partial charge in [0.05, 0.1) is 0 Å². The molecule has 102 valence electrons. The molecule has 0 radical (unpaired) electrons. The van der Waals surface area contributed by atoms with Crippen molar-refractivity contribution in [1.29, 1.82) is 0 Å². The second kappa shape index (κ2) is 6.94. The van der Waals surface area contributed by atoms with E-state index in [1.165, 1.54) is 4.88 Å². The molecule has 0 aliphatic rings. The number of halogens is 1. The standard InChI is InChI=1S/C15H18ClNOS/c1-11(18-13-5-2-4-12(16)10-13)15(17)8-7-14-6-3-9-19-14/h2-6,9-11,15H,7-8,17H2,1H3. The van der Waals surface area contributed by atoms with Crippen LogP contribution in [0.2, 0.25) is 5.02 Å². The molecule has 0 saturated carbocycles. The maximum absolute atomic E-state index is 6.17. The third-order valence-corrected chi connectivity index (χ3v) is 4.20. The van der Waals surface area contributed by atoms with Crippen LogP contribution in [-0.4, -0.2) is 12.1 Å². The first kappa shape index (κ1) is 14.4. The summed E-state index contributed by atoms with van der Waals surface area (Å²) in [6.45, 7) is 2.00. The molecule has 1 heterocycles. The van der Waals surface area contributed by atoms with Crippen molar-refractivity contribution in [3.05, 3.63) is 51.7 Å². The fourth-order valence-electron chi connectivity index (χ4n) is 1.84. The predicted octanol–water partition coefficient (Wildman–Crippen LogP) is 4.13. The van der Waals surface area contributed by atoms with Gasteiger partial charge in [-0.1, -0.05) is 23.7 Å². The minimum absolute atomic E-state index is 0.0149. The maximum Gasteiger partial charge on any atom is 0.121 e. The molecule has 0 fully saturated rings.